The topological polar surface area (TPSA) is 87.1 Å². The molecule has 0 unspecified atom stereocenters. The smallest absolute Gasteiger partial charge is 0.326 e. The molecule has 2 aromatic heterocycles. The summed E-state index contributed by atoms with van der Waals surface area (Å²) in [7, 11) is 0. The molecule has 0 saturated carbocycles. The van der Waals surface area contributed by atoms with Crippen molar-refractivity contribution in [2.45, 2.75) is 37.8 Å². The van der Waals surface area contributed by atoms with E-state index in [1.165, 1.54) is 12.4 Å². The van der Waals surface area contributed by atoms with E-state index in [0.29, 0.717) is 17.1 Å². The maximum absolute atomic E-state index is 14.0. The van der Waals surface area contributed by atoms with Crippen LogP contribution in [0.4, 0.5) is 4.39 Å². The number of rotatable bonds is 3. The van der Waals surface area contributed by atoms with Crippen LogP contribution in [0, 0.1) is 5.82 Å². The summed E-state index contributed by atoms with van der Waals surface area (Å²) in [6.45, 7) is 3.23. The van der Waals surface area contributed by atoms with Crippen LogP contribution in [0.3, 0.4) is 0 Å². The molecule has 9 heteroatoms. The van der Waals surface area contributed by atoms with Crippen LogP contribution in [0.15, 0.2) is 41.7 Å². The lowest BCUT2D eigenvalue weighted by Gasteiger charge is -2.42. The number of hydrogen-bond donors (Lipinski definition) is 1. The molecule has 2 saturated heterocycles. The minimum Gasteiger partial charge on any atom is -0.338 e. The minimum atomic E-state index is -0.394. The van der Waals surface area contributed by atoms with E-state index in [4.69, 9.17) is 0 Å². The number of amides is 1. The summed E-state index contributed by atoms with van der Waals surface area (Å²) in [5.74, 6) is -0.405. The van der Waals surface area contributed by atoms with Gasteiger partial charge < -0.3 is 14.8 Å². The minimum absolute atomic E-state index is 0.0105. The monoisotopic (exact) mass is 424 g/mol. The first-order valence-electron chi connectivity index (χ1n) is 10.8. The second-order valence-electron chi connectivity index (χ2n) is 8.35. The van der Waals surface area contributed by atoms with Gasteiger partial charge in [-0.3, -0.25) is 9.36 Å². The van der Waals surface area contributed by atoms with Crippen molar-refractivity contribution in [3.63, 3.8) is 0 Å². The largest absolute Gasteiger partial charge is 0.338 e. The second-order valence-corrected chi connectivity index (χ2v) is 8.35. The number of fused-ring (bicyclic) bond motifs is 1. The van der Waals surface area contributed by atoms with Gasteiger partial charge in [-0.1, -0.05) is 6.07 Å². The molecule has 2 aliphatic heterocycles. The van der Waals surface area contributed by atoms with Gasteiger partial charge in [0.05, 0.1) is 11.1 Å². The number of hydrogen-bond acceptors (Lipinski definition) is 5. The van der Waals surface area contributed by atoms with Gasteiger partial charge >= 0.3 is 5.69 Å². The summed E-state index contributed by atoms with van der Waals surface area (Å²) in [5, 5.41) is 0. The van der Waals surface area contributed by atoms with E-state index in [1.807, 2.05) is 4.90 Å². The van der Waals surface area contributed by atoms with Crippen molar-refractivity contribution in [2.24, 2.45) is 0 Å². The maximum Gasteiger partial charge on any atom is 0.326 e. The van der Waals surface area contributed by atoms with Crippen molar-refractivity contribution in [1.82, 2.24) is 29.3 Å². The fraction of sp³-hybridized carbons (Fsp3) is 0.455. The third kappa shape index (κ3) is 3.74. The molecule has 4 heterocycles. The number of carbonyl (C=O) groups is 1. The molecule has 162 valence electrons. The SMILES string of the molecule is O=C(c1cncnc1)N1CCC(N2CCC(n3c(=O)[nH]c4c(F)cccc43)CC2)CC1. The van der Waals surface area contributed by atoms with Gasteiger partial charge in [-0.2, -0.15) is 0 Å². The maximum atomic E-state index is 14.0. The van der Waals surface area contributed by atoms with Crippen molar-refractivity contribution < 1.29 is 9.18 Å². The van der Waals surface area contributed by atoms with Gasteiger partial charge in [-0.25, -0.2) is 19.2 Å². The number of nitrogens with zero attached hydrogens (tertiary/aromatic N) is 5. The normalized spacial score (nSPS) is 19.2. The molecule has 0 radical (unpaired) electrons. The predicted molar refractivity (Wildman–Crippen MR) is 113 cm³/mol. The molecule has 0 spiro atoms. The van der Waals surface area contributed by atoms with Crippen LogP contribution < -0.4 is 5.69 Å². The molecule has 2 fully saturated rings. The Morgan fingerprint density at radius 1 is 1.00 bits per heavy atom. The van der Waals surface area contributed by atoms with E-state index >= 15 is 0 Å². The Balaban J connectivity index is 1.20. The number of halogens is 1. The Bertz CT molecular complexity index is 1130. The fourth-order valence-electron chi connectivity index (χ4n) is 5.01. The van der Waals surface area contributed by atoms with E-state index < -0.39 is 5.82 Å². The zero-order chi connectivity index (χ0) is 21.4. The molecule has 0 aliphatic carbocycles. The van der Waals surface area contributed by atoms with Crippen LogP contribution in [0.2, 0.25) is 0 Å². The number of nitrogens with one attached hydrogen (secondary N) is 1. The van der Waals surface area contributed by atoms with Crippen molar-refractivity contribution >= 4 is 16.9 Å². The molecule has 1 N–H and O–H groups in total. The summed E-state index contributed by atoms with van der Waals surface area (Å²) in [6, 6.07) is 5.32. The highest BCUT2D eigenvalue weighted by molar-refractivity contribution is 5.93. The van der Waals surface area contributed by atoms with E-state index in [1.54, 1.807) is 29.1 Å². The van der Waals surface area contributed by atoms with Crippen molar-refractivity contribution in [1.29, 1.82) is 0 Å². The van der Waals surface area contributed by atoms with Crippen LogP contribution in [0.1, 0.15) is 42.1 Å². The molecular weight excluding hydrogens is 399 g/mol. The number of piperidine rings is 2. The molecule has 5 rings (SSSR count). The quantitative estimate of drug-likeness (QED) is 0.697. The summed E-state index contributed by atoms with van der Waals surface area (Å²) in [5.41, 5.74) is 1.22. The zero-order valence-electron chi connectivity index (χ0n) is 17.2. The van der Waals surface area contributed by atoms with Gasteiger partial charge in [0.15, 0.2) is 0 Å². The van der Waals surface area contributed by atoms with E-state index in [-0.39, 0.29) is 23.2 Å². The van der Waals surface area contributed by atoms with E-state index in [2.05, 4.69) is 19.9 Å². The number of para-hydroxylation sites is 1. The Morgan fingerprint density at radius 3 is 2.39 bits per heavy atom. The highest BCUT2D eigenvalue weighted by atomic mass is 19.1. The van der Waals surface area contributed by atoms with Gasteiger partial charge in [0, 0.05) is 50.7 Å². The second kappa shape index (κ2) is 8.22. The lowest BCUT2D eigenvalue weighted by Crippen LogP contribution is -2.49. The molecular formula is C22H25FN6O2. The molecule has 0 bridgehead atoms. The van der Waals surface area contributed by atoms with Gasteiger partial charge in [0.2, 0.25) is 0 Å². The molecule has 1 aromatic carbocycles. The first kappa shape index (κ1) is 19.9. The van der Waals surface area contributed by atoms with Gasteiger partial charge in [0.25, 0.3) is 5.91 Å². The highest BCUT2D eigenvalue weighted by Crippen LogP contribution is 2.29. The van der Waals surface area contributed by atoms with E-state index in [0.717, 1.165) is 51.9 Å². The molecule has 1 amide bonds. The third-order valence-corrected chi connectivity index (χ3v) is 6.64. The Hall–Kier alpha value is -3.07. The molecule has 0 atom stereocenters. The highest BCUT2D eigenvalue weighted by Gasteiger charge is 2.31. The standard InChI is InChI=1S/C22H25FN6O2/c23-18-2-1-3-19-20(18)26-22(31)29(19)17-6-8-27(9-7-17)16-4-10-28(11-5-16)21(30)15-12-24-14-25-13-15/h1-3,12-14,16-17H,4-11H2,(H,26,31). The fourth-order valence-corrected chi connectivity index (χ4v) is 5.01. The average Bonchev–Trinajstić information content (AvgIpc) is 3.16. The average molecular weight is 424 g/mol. The number of carbonyl (C=O) groups excluding carboxylic acids is 1. The van der Waals surface area contributed by atoms with Gasteiger partial charge in [0.1, 0.15) is 17.7 Å². The number of H-pyrrole nitrogens is 1. The number of imidazole rings is 1. The van der Waals surface area contributed by atoms with Crippen molar-refractivity contribution in [2.75, 3.05) is 26.2 Å². The van der Waals surface area contributed by atoms with Crippen LogP contribution in [-0.4, -0.2) is 67.4 Å². The summed E-state index contributed by atoms with van der Waals surface area (Å²) in [4.78, 5) is 39.9. The van der Waals surface area contributed by atoms with Crippen LogP contribution in [-0.2, 0) is 0 Å². The van der Waals surface area contributed by atoms with Crippen LogP contribution in [0.5, 0.6) is 0 Å². The van der Waals surface area contributed by atoms with E-state index in [9.17, 15) is 14.0 Å². The Kier molecular flexibility index (Phi) is 5.27. The molecule has 8 nitrogen and oxygen atoms in total. The lowest BCUT2D eigenvalue weighted by atomic mass is 9.97. The van der Waals surface area contributed by atoms with Gasteiger partial charge in [-0.15, -0.1) is 0 Å². The number of aromatic nitrogens is 4. The lowest BCUT2D eigenvalue weighted by molar-refractivity contribution is 0.0557. The molecule has 31 heavy (non-hydrogen) atoms. The molecule has 2 aliphatic rings. The van der Waals surface area contributed by atoms with Crippen molar-refractivity contribution in [3.8, 4) is 0 Å². The van der Waals surface area contributed by atoms with Crippen LogP contribution in [0.25, 0.3) is 11.0 Å². The number of benzene rings is 1. The third-order valence-electron chi connectivity index (χ3n) is 6.64. The number of likely N-dealkylation sites (tertiary alicyclic amines) is 2. The first-order chi connectivity index (χ1) is 15.1. The Morgan fingerprint density at radius 2 is 1.68 bits per heavy atom. The van der Waals surface area contributed by atoms with Crippen molar-refractivity contribution in [3.05, 3.63) is 58.8 Å². The number of aromatic amines is 1. The summed E-state index contributed by atoms with van der Waals surface area (Å²) >= 11 is 0. The zero-order valence-corrected chi connectivity index (χ0v) is 17.2. The van der Waals surface area contributed by atoms with Gasteiger partial charge in [-0.05, 0) is 37.8 Å². The summed E-state index contributed by atoms with van der Waals surface area (Å²) in [6.07, 6.45) is 8.11. The predicted octanol–water partition coefficient (Wildman–Crippen LogP) is 2.20. The molecule has 3 aromatic rings. The Labute approximate surface area is 178 Å². The summed E-state index contributed by atoms with van der Waals surface area (Å²) < 4.78 is 15.7. The van der Waals surface area contributed by atoms with Crippen LogP contribution >= 0.6 is 0 Å². The first-order valence-corrected chi connectivity index (χ1v) is 10.8.